The molecule has 0 aliphatic carbocycles. The van der Waals surface area contributed by atoms with E-state index in [1.807, 2.05) is 0 Å². The predicted octanol–water partition coefficient (Wildman–Crippen LogP) is 1.23. The fourth-order valence-electron chi connectivity index (χ4n) is 2.21. The van der Waals surface area contributed by atoms with Crippen LogP contribution in [0.2, 0.25) is 0 Å². The van der Waals surface area contributed by atoms with Crippen LogP contribution >= 0.6 is 0 Å². The molecule has 2 rings (SSSR count). The van der Waals surface area contributed by atoms with E-state index >= 15 is 0 Å². The Bertz CT molecular complexity index is 533. The SMILES string of the molecule is O=C(O)C1CCN(C(=O)Cn2cc(C(F)(F)F)cn2)CC1. The molecule has 0 radical (unpaired) electrons. The van der Waals surface area contributed by atoms with Gasteiger partial charge in [0.2, 0.25) is 5.91 Å². The van der Waals surface area contributed by atoms with Gasteiger partial charge in [-0.25, -0.2) is 0 Å². The molecule has 1 fully saturated rings. The molecule has 0 unspecified atom stereocenters. The van der Waals surface area contributed by atoms with Gasteiger partial charge in [0.05, 0.1) is 17.7 Å². The van der Waals surface area contributed by atoms with E-state index in [2.05, 4.69) is 5.10 Å². The van der Waals surface area contributed by atoms with Crippen LogP contribution in [0.5, 0.6) is 0 Å². The van der Waals surface area contributed by atoms with Gasteiger partial charge < -0.3 is 10.0 Å². The molecule has 0 spiro atoms. The number of halogens is 3. The Morgan fingerprint density at radius 3 is 2.43 bits per heavy atom. The minimum Gasteiger partial charge on any atom is -0.481 e. The van der Waals surface area contributed by atoms with Crippen molar-refractivity contribution in [2.45, 2.75) is 25.6 Å². The molecule has 1 amide bonds. The Morgan fingerprint density at radius 2 is 1.95 bits per heavy atom. The molecule has 0 bridgehead atoms. The molecule has 1 aromatic rings. The maximum Gasteiger partial charge on any atom is 0.419 e. The van der Waals surface area contributed by atoms with Crippen LogP contribution in [0.3, 0.4) is 0 Å². The first-order chi connectivity index (χ1) is 9.77. The van der Waals surface area contributed by atoms with E-state index in [1.165, 1.54) is 4.90 Å². The van der Waals surface area contributed by atoms with Crippen molar-refractivity contribution in [2.75, 3.05) is 13.1 Å². The van der Waals surface area contributed by atoms with Gasteiger partial charge in [-0.05, 0) is 12.8 Å². The molecule has 6 nitrogen and oxygen atoms in total. The molecule has 2 heterocycles. The lowest BCUT2D eigenvalue weighted by Crippen LogP contribution is -2.41. The Labute approximate surface area is 118 Å². The molecule has 0 saturated carbocycles. The second kappa shape index (κ2) is 5.74. The van der Waals surface area contributed by atoms with Gasteiger partial charge in [0.1, 0.15) is 6.54 Å². The van der Waals surface area contributed by atoms with Crippen LogP contribution in [0.1, 0.15) is 18.4 Å². The van der Waals surface area contributed by atoms with Crippen LogP contribution in [0.4, 0.5) is 13.2 Å². The molecule has 116 valence electrons. The number of hydrogen-bond acceptors (Lipinski definition) is 3. The van der Waals surface area contributed by atoms with Crippen LogP contribution in [0, 0.1) is 5.92 Å². The summed E-state index contributed by atoms with van der Waals surface area (Å²) in [4.78, 5) is 24.2. The third-order valence-corrected chi connectivity index (χ3v) is 3.45. The lowest BCUT2D eigenvalue weighted by atomic mass is 9.97. The van der Waals surface area contributed by atoms with Crippen LogP contribution < -0.4 is 0 Å². The van der Waals surface area contributed by atoms with Crippen molar-refractivity contribution in [1.82, 2.24) is 14.7 Å². The number of hydrogen-bond donors (Lipinski definition) is 1. The maximum absolute atomic E-state index is 12.4. The van der Waals surface area contributed by atoms with Gasteiger partial charge in [0.25, 0.3) is 0 Å². The van der Waals surface area contributed by atoms with E-state index in [0.717, 1.165) is 10.9 Å². The van der Waals surface area contributed by atoms with E-state index < -0.39 is 23.6 Å². The van der Waals surface area contributed by atoms with Crippen molar-refractivity contribution in [3.05, 3.63) is 18.0 Å². The molecule has 1 aliphatic rings. The number of carbonyl (C=O) groups excluding carboxylic acids is 1. The number of amides is 1. The standard InChI is InChI=1S/C12H14F3N3O3/c13-12(14,15)9-5-16-18(6-9)7-10(19)17-3-1-8(2-4-17)11(20)21/h5-6,8H,1-4,7H2,(H,20,21). The summed E-state index contributed by atoms with van der Waals surface area (Å²) in [7, 11) is 0. The fourth-order valence-corrected chi connectivity index (χ4v) is 2.21. The third-order valence-electron chi connectivity index (χ3n) is 3.45. The van der Waals surface area contributed by atoms with Crippen molar-refractivity contribution < 1.29 is 27.9 Å². The summed E-state index contributed by atoms with van der Waals surface area (Å²) >= 11 is 0. The fraction of sp³-hybridized carbons (Fsp3) is 0.583. The Morgan fingerprint density at radius 1 is 1.33 bits per heavy atom. The Kier molecular flexibility index (Phi) is 4.19. The first-order valence-electron chi connectivity index (χ1n) is 6.37. The first-order valence-corrected chi connectivity index (χ1v) is 6.37. The maximum atomic E-state index is 12.4. The summed E-state index contributed by atoms with van der Waals surface area (Å²) in [5.41, 5.74) is -0.903. The number of nitrogens with zero attached hydrogens (tertiary/aromatic N) is 3. The second-order valence-corrected chi connectivity index (χ2v) is 4.92. The van der Waals surface area contributed by atoms with Gasteiger partial charge in [-0.2, -0.15) is 18.3 Å². The number of alkyl halides is 3. The lowest BCUT2D eigenvalue weighted by Gasteiger charge is -2.30. The van der Waals surface area contributed by atoms with Gasteiger partial charge in [-0.1, -0.05) is 0 Å². The molecular weight excluding hydrogens is 291 g/mol. The van der Waals surface area contributed by atoms with Gasteiger partial charge >= 0.3 is 12.1 Å². The van der Waals surface area contributed by atoms with Crippen LogP contribution in [0.25, 0.3) is 0 Å². The number of carbonyl (C=O) groups is 2. The Hall–Kier alpha value is -2.06. The van der Waals surface area contributed by atoms with Crippen molar-refractivity contribution in [1.29, 1.82) is 0 Å². The van der Waals surface area contributed by atoms with E-state index in [4.69, 9.17) is 5.11 Å². The number of aromatic nitrogens is 2. The molecule has 0 atom stereocenters. The van der Waals surface area contributed by atoms with E-state index in [1.54, 1.807) is 0 Å². The summed E-state index contributed by atoms with van der Waals surface area (Å²) < 4.78 is 38.2. The quantitative estimate of drug-likeness (QED) is 0.911. The van der Waals surface area contributed by atoms with Crippen LogP contribution in [0.15, 0.2) is 12.4 Å². The van der Waals surface area contributed by atoms with E-state index in [0.29, 0.717) is 32.1 Å². The molecule has 9 heteroatoms. The lowest BCUT2D eigenvalue weighted by molar-refractivity contribution is -0.145. The van der Waals surface area contributed by atoms with Gasteiger partial charge in [-0.3, -0.25) is 14.3 Å². The topological polar surface area (TPSA) is 75.4 Å². The number of carboxylic acid groups (broad SMARTS) is 1. The van der Waals surface area contributed by atoms with Gasteiger partial charge in [-0.15, -0.1) is 0 Å². The minimum atomic E-state index is -4.48. The monoisotopic (exact) mass is 305 g/mol. The Balaban J connectivity index is 1.91. The normalized spacial score (nSPS) is 17.0. The van der Waals surface area contributed by atoms with Crippen molar-refractivity contribution in [3.8, 4) is 0 Å². The molecule has 0 aromatic carbocycles. The summed E-state index contributed by atoms with van der Waals surface area (Å²) in [6, 6.07) is 0. The molecule has 1 saturated heterocycles. The molecule has 1 aliphatic heterocycles. The third kappa shape index (κ3) is 3.73. The molecule has 21 heavy (non-hydrogen) atoms. The zero-order valence-corrected chi connectivity index (χ0v) is 11.0. The number of rotatable bonds is 3. The number of aliphatic carboxylic acids is 1. The molecule has 1 aromatic heterocycles. The first kappa shape index (κ1) is 15.3. The number of carboxylic acids is 1. The predicted molar refractivity (Wildman–Crippen MR) is 64.2 cm³/mol. The zero-order valence-electron chi connectivity index (χ0n) is 11.0. The van der Waals surface area contributed by atoms with Crippen molar-refractivity contribution in [3.63, 3.8) is 0 Å². The van der Waals surface area contributed by atoms with Gasteiger partial charge in [0.15, 0.2) is 0 Å². The molecule has 1 N–H and O–H groups in total. The number of piperidine rings is 1. The summed E-state index contributed by atoms with van der Waals surface area (Å²) in [6.45, 7) is 0.306. The minimum absolute atomic E-state index is 0.284. The van der Waals surface area contributed by atoms with Crippen molar-refractivity contribution in [2.24, 2.45) is 5.92 Å². The highest BCUT2D eigenvalue weighted by molar-refractivity contribution is 5.76. The number of likely N-dealkylation sites (tertiary alicyclic amines) is 1. The van der Waals surface area contributed by atoms with Crippen LogP contribution in [-0.2, 0) is 22.3 Å². The van der Waals surface area contributed by atoms with E-state index in [9.17, 15) is 22.8 Å². The highest BCUT2D eigenvalue weighted by atomic mass is 19.4. The van der Waals surface area contributed by atoms with Crippen molar-refractivity contribution >= 4 is 11.9 Å². The zero-order chi connectivity index (χ0) is 15.6. The average Bonchev–Trinajstić information content (AvgIpc) is 2.87. The average molecular weight is 305 g/mol. The second-order valence-electron chi connectivity index (χ2n) is 4.92. The highest BCUT2D eigenvalue weighted by Gasteiger charge is 2.32. The smallest absolute Gasteiger partial charge is 0.419 e. The summed E-state index contributed by atoms with van der Waals surface area (Å²) in [5, 5.41) is 12.4. The van der Waals surface area contributed by atoms with Gasteiger partial charge in [0, 0.05) is 19.3 Å². The molecular formula is C12H14F3N3O3. The summed E-state index contributed by atoms with van der Waals surface area (Å²) in [6.07, 6.45) is -2.32. The van der Waals surface area contributed by atoms with Crippen LogP contribution in [-0.4, -0.2) is 44.8 Å². The summed E-state index contributed by atoms with van der Waals surface area (Å²) in [5.74, 6) is -1.71. The highest BCUT2D eigenvalue weighted by Crippen LogP contribution is 2.28. The van der Waals surface area contributed by atoms with E-state index in [-0.39, 0.29) is 12.5 Å². The largest absolute Gasteiger partial charge is 0.481 e.